The van der Waals surface area contributed by atoms with E-state index in [1.54, 1.807) is 17.8 Å². The average Bonchev–Trinajstić information content (AvgIpc) is 2.10. The van der Waals surface area contributed by atoms with Gasteiger partial charge in [-0.25, -0.2) is 4.98 Å². The van der Waals surface area contributed by atoms with Crippen LogP contribution in [-0.2, 0) is 0 Å². The van der Waals surface area contributed by atoms with E-state index >= 15 is 0 Å². The second kappa shape index (κ2) is 5.07. The fourth-order valence-electron chi connectivity index (χ4n) is 0.880. The Morgan fingerprint density at radius 3 is 2.64 bits per heavy atom. The SMILES string of the molecule is CN(C)CCSc1ccc(N)c(N)n1. The Balaban J connectivity index is 2.47. The molecule has 1 rings (SSSR count). The molecule has 0 aliphatic carbocycles. The first kappa shape index (κ1) is 11.1. The highest BCUT2D eigenvalue weighted by Gasteiger charge is 2.00. The summed E-state index contributed by atoms with van der Waals surface area (Å²) in [4.78, 5) is 6.30. The first-order chi connectivity index (χ1) is 6.59. The van der Waals surface area contributed by atoms with Crippen LogP contribution in [0.4, 0.5) is 11.5 Å². The summed E-state index contributed by atoms with van der Waals surface area (Å²) >= 11 is 1.68. The van der Waals surface area contributed by atoms with Gasteiger partial charge in [0.25, 0.3) is 0 Å². The summed E-state index contributed by atoms with van der Waals surface area (Å²) in [6, 6.07) is 3.69. The highest BCUT2D eigenvalue weighted by Crippen LogP contribution is 2.19. The molecule has 0 amide bonds. The molecule has 5 heteroatoms. The minimum Gasteiger partial charge on any atom is -0.396 e. The minimum absolute atomic E-state index is 0.417. The number of anilines is 2. The van der Waals surface area contributed by atoms with Crippen LogP contribution >= 0.6 is 11.8 Å². The quantitative estimate of drug-likeness (QED) is 0.726. The number of hydrogen-bond acceptors (Lipinski definition) is 5. The molecule has 0 atom stereocenters. The molecule has 4 N–H and O–H groups in total. The van der Waals surface area contributed by atoms with Gasteiger partial charge in [0.2, 0.25) is 0 Å². The van der Waals surface area contributed by atoms with Crippen molar-refractivity contribution in [3.63, 3.8) is 0 Å². The molecule has 0 fully saturated rings. The smallest absolute Gasteiger partial charge is 0.147 e. The van der Waals surface area contributed by atoms with Crippen LogP contribution in [0.15, 0.2) is 17.2 Å². The number of rotatable bonds is 4. The van der Waals surface area contributed by atoms with Crippen molar-refractivity contribution in [3.8, 4) is 0 Å². The molecule has 0 bridgehead atoms. The van der Waals surface area contributed by atoms with Gasteiger partial charge >= 0.3 is 0 Å². The second-order valence-electron chi connectivity index (χ2n) is 3.28. The van der Waals surface area contributed by atoms with Gasteiger partial charge in [-0.15, -0.1) is 11.8 Å². The molecule has 1 aromatic rings. The van der Waals surface area contributed by atoms with E-state index in [9.17, 15) is 0 Å². The van der Waals surface area contributed by atoms with Crippen LogP contribution in [0.2, 0.25) is 0 Å². The van der Waals surface area contributed by atoms with E-state index in [2.05, 4.69) is 9.88 Å². The zero-order valence-electron chi connectivity index (χ0n) is 8.53. The normalized spacial score (nSPS) is 10.8. The van der Waals surface area contributed by atoms with E-state index in [-0.39, 0.29) is 0 Å². The third-order valence-electron chi connectivity index (χ3n) is 1.72. The van der Waals surface area contributed by atoms with E-state index in [0.29, 0.717) is 11.5 Å². The first-order valence-corrected chi connectivity index (χ1v) is 5.37. The third kappa shape index (κ3) is 3.43. The molecule has 14 heavy (non-hydrogen) atoms. The molecular weight excluding hydrogens is 196 g/mol. The van der Waals surface area contributed by atoms with Crippen molar-refractivity contribution in [2.45, 2.75) is 5.03 Å². The molecule has 0 aromatic carbocycles. The Kier molecular flexibility index (Phi) is 4.03. The van der Waals surface area contributed by atoms with Crippen LogP contribution in [0.3, 0.4) is 0 Å². The standard InChI is InChI=1S/C9H16N4S/c1-13(2)5-6-14-8-4-3-7(10)9(11)12-8/h3-4H,5-6,10H2,1-2H3,(H2,11,12). The lowest BCUT2D eigenvalue weighted by Gasteiger charge is -2.08. The molecule has 78 valence electrons. The maximum absolute atomic E-state index is 5.59. The van der Waals surface area contributed by atoms with Crippen LogP contribution in [0, 0.1) is 0 Å². The summed E-state index contributed by atoms with van der Waals surface area (Å²) in [5.74, 6) is 1.42. The summed E-state index contributed by atoms with van der Waals surface area (Å²) in [5.41, 5.74) is 11.7. The molecule has 1 aromatic heterocycles. The molecule has 0 radical (unpaired) electrons. The lowest BCUT2D eigenvalue weighted by Crippen LogP contribution is -2.14. The van der Waals surface area contributed by atoms with Crippen molar-refractivity contribution in [1.82, 2.24) is 9.88 Å². The fraction of sp³-hybridized carbons (Fsp3) is 0.444. The fourth-order valence-corrected chi connectivity index (χ4v) is 1.87. The topological polar surface area (TPSA) is 68.2 Å². The van der Waals surface area contributed by atoms with Gasteiger partial charge in [0, 0.05) is 12.3 Å². The molecule has 0 unspecified atom stereocenters. The molecule has 0 saturated carbocycles. The zero-order valence-corrected chi connectivity index (χ0v) is 9.34. The van der Waals surface area contributed by atoms with Crippen LogP contribution in [-0.4, -0.2) is 36.3 Å². The minimum atomic E-state index is 0.417. The maximum atomic E-state index is 5.59. The summed E-state index contributed by atoms with van der Waals surface area (Å²) in [5, 5.41) is 0.929. The van der Waals surface area contributed by atoms with E-state index in [0.717, 1.165) is 17.3 Å². The van der Waals surface area contributed by atoms with Gasteiger partial charge < -0.3 is 16.4 Å². The molecule has 1 heterocycles. The van der Waals surface area contributed by atoms with Crippen molar-refractivity contribution in [2.75, 3.05) is 37.9 Å². The van der Waals surface area contributed by atoms with Crippen molar-refractivity contribution in [2.24, 2.45) is 0 Å². The summed E-state index contributed by atoms with van der Waals surface area (Å²) in [6.07, 6.45) is 0. The van der Waals surface area contributed by atoms with Crippen LogP contribution in [0.5, 0.6) is 0 Å². The second-order valence-corrected chi connectivity index (χ2v) is 4.39. The van der Waals surface area contributed by atoms with Crippen molar-refractivity contribution < 1.29 is 0 Å². The monoisotopic (exact) mass is 212 g/mol. The number of nitrogens with two attached hydrogens (primary N) is 2. The highest BCUT2D eigenvalue weighted by atomic mass is 32.2. The average molecular weight is 212 g/mol. The van der Waals surface area contributed by atoms with Gasteiger partial charge in [0.1, 0.15) is 5.82 Å². The van der Waals surface area contributed by atoms with Gasteiger partial charge in [0.05, 0.1) is 10.7 Å². The van der Waals surface area contributed by atoms with E-state index < -0.39 is 0 Å². The summed E-state index contributed by atoms with van der Waals surface area (Å²) in [7, 11) is 4.09. The van der Waals surface area contributed by atoms with E-state index in [1.807, 2.05) is 20.2 Å². The van der Waals surface area contributed by atoms with Crippen molar-refractivity contribution in [1.29, 1.82) is 0 Å². The maximum Gasteiger partial charge on any atom is 0.147 e. The van der Waals surface area contributed by atoms with Crippen molar-refractivity contribution in [3.05, 3.63) is 12.1 Å². The Labute approximate surface area is 88.7 Å². The Bertz CT molecular complexity index is 301. The predicted octanol–water partition coefficient (Wildman–Crippen LogP) is 0.900. The predicted molar refractivity (Wildman–Crippen MR) is 62.3 cm³/mol. The number of aromatic nitrogens is 1. The van der Waals surface area contributed by atoms with Gasteiger partial charge in [-0.2, -0.15) is 0 Å². The third-order valence-corrected chi connectivity index (χ3v) is 2.63. The van der Waals surface area contributed by atoms with Crippen LogP contribution in [0.25, 0.3) is 0 Å². The number of thioether (sulfide) groups is 1. The summed E-state index contributed by atoms with van der Waals surface area (Å²) < 4.78 is 0. The van der Waals surface area contributed by atoms with Crippen LogP contribution < -0.4 is 11.5 Å². The molecule has 0 spiro atoms. The molecule has 0 saturated heterocycles. The zero-order chi connectivity index (χ0) is 10.6. The number of hydrogen-bond donors (Lipinski definition) is 2. The Morgan fingerprint density at radius 2 is 2.07 bits per heavy atom. The number of nitrogens with zero attached hydrogens (tertiary/aromatic N) is 2. The first-order valence-electron chi connectivity index (χ1n) is 4.39. The molecular formula is C9H16N4S. The number of pyridine rings is 1. The van der Waals surface area contributed by atoms with Gasteiger partial charge in [-0.1, -0.05) is 0 Å². The van der Waals surface area contributed by atoms with Gasteiger partial charge in [-0.3, -0.25) is 0 Å². The molecule has 4 nitrogen and oxygen atoms in total. The van der Waals surface area contributed by atoms with Crippen LogP contribution in [0.1, 0.15) is 0 Å². The highest BCUT2D eigenvalue weighted by molar-refractivity contribution is 7.99. The Morgan fingerprint density at radius 1 is 1.36 bits per heavy atom. The van der Waals surface area contributed by atoms with Crippen molar-refractivity contribution >= 4 is 23.3 Å². The molecule has 0 aliphatic rings. The largest absolute Gasteiger partial charge is 0.396 e. The number of nitrogen functional groups attached to an aromatic ring is 2. The summed E-state index contributed by atoms with van der Waals surface area (Å²) in [6.45, 7) is 1.02. The lowest BCUT2D eigenvalue weighted by molar-refractivity contribution is 0.437. The Hall–Kier alpha value is -0.940. The van der Waals surface area contributed by atoms with E-state index in [1.165, 1.54) is 0 Å². The van der Waals surface area contributed by atoms with Gasteiger partial charge in [-0.05, 0) is 26.2 Å². The van der Waals surface area contributed by atoms with Gasteiger partial charge in [0.15, 0.2) is 0 Å². The lowest BCUT2D eigenvalue weighted by atomic mass is 10.4. The van der Waals surface area contributed by atoms with E-state index in [4.69, 9.17) is 11.5 Å². The molecule has 0 aliphatic heterocycles.